The SMILES string of the molecule is Oc1c(O)c(O)c2c(sc3c(O)c(O)c(-c4c5ccccc5c(-c5ccc6ccccc6c5)c5ccccc45)c(O)c32)c1O. The maximum Gasteiger partial charge on any atom is 0.205 e. The molecule has 0 bridgehead atoms. The number of rotatable bonds is 2. The topological polar surface area (TPSA) is 142 Å². The van der Waals surface area contributed by atoms with Crippen LogP contribution in [0.1, 0.15) is 0 Å². The highest BCUT2D eigenvalue weighted by Crippen LogP contribution is 2.61. The summed E-state index contributed by atoms with van der Waals surface area (Å²) < 4.78 is -0.132. The second-order valence-corrected chi connectivity index (χ2v) is 11.7. The lowest BCUT2D eigenvalue weighted by Gasteiger charge is -2.20. The van der Waals surface area contributed by atoms with E-state index in [0.717, 1.165) is 44.0 Å². The van der Waals surface area contributed by atoms with E-state index in [1.165, 1.54) is 0 Å². The summed E-state index contributed by atoms with van der Waals surface area (Å²) in [5.74, 6) is -5.08. The molecule has 214 valence electrons. The molecule has 0 aliphatic carbocycles. The molecule has 0 amide bonds. The van der Waals surface area contributed by atoms with E-state index in [-0.39, 0.29) is 25.7 Å². The van der Waals surface area contributed by atoms with E-state index in [4.69, 9.17) is 0 Å². The maximum atomic E-state index is 11.9. The van der Waals surface area contributed by atoms with Crippen LogP contribution in [-0.2, 0) is 0 Å². The number of hydrogen-bond acceptors (Lipinski definition) is 8. The number of phenolic OH excluding ortho intramolecular Hbond substituents is 7. The Balaban J connectivity index is 1.55. The van der Waals surface area contributed by atoms with Crippen molar-refractivity contribution in [2.45, 2.75) is 0 Å². The zero-order valence-corrected chi connectivity index (χ0v) is 23.5. The number of aromatic hydroxyl groups is 7. The first kappa shape index (κ1) is 25.8. The molecule has 0 fully saturated rings. The molecule has 44 heavy (non-hydrogen) atoms. The molecular weight excluding hydrogens is 576 g/mol. The first-order valence-corrected chi connectivity index (χ1v) is 14.5. The Morgan fingerprint density at radius 1 is 0.364 bits per heavy atom. The molecule has 0 atom stereocenters. The van der Waals surface area contributed by atoms with Crippen LogP contribution in [-0.4, -0.2) is 35.7 Å². The van der Waals surface area contributed by atoms with Gasteiger partial charge in [-0.05, 0) is 49.5 Å². The lowest BCUT2D eigenvalue weighted by molar-refractivity contribution is 0.351. The number of phenols is 7. The van der Waals surface area contributed by atoms with Crippen LogP contribution in [0.15, 0.2) is 91.0 Å². The quantitative estimate of drug-likeness (QED) is 0.0599. The molecule has 8 heteroatoms. The highest BCUT2D eigenvalue weighted by atomic mass is 32.1. The lowest BCUT2D eigenvalue weighted by atomic mass is 9.84. The number of benzene rings is 7. The zero-order chi connectivity index (χ0) is 30.4. The van der Waals surface area contributed by atoms with Gasteiger partial charge < -0.3 is 35.7 Å². The van der Waals surface area contributed by atoms with E-state index in [9.17, 15) is 35.7 Å². The highest BCUT2D eigenvalue weighted by molar-refractivity contribution is 7.26. The van der Waals surface area contributed by atoms with Crippen LogP contribution in [0.25, 0.3) is 74.7 Å². The van der Waals surface area contributed by atoms with E-state index in [0.29, 0.717) is 16.3 Å². The fourth-order valence-corrected chi connectivity index (χ4v) is 7.61. The number of fused-ring (bicyclic) bond motifs is 6. The van der Waals surface area contributed by atoms with Crippen LogP contribution in [0.5, 0.6) is 40.2 Å². The molecule has 7 N–H and O–H groups in total. The van der Waals surface area contributed by atoms with Crippen LogP contribution < -0.4 is 0 Å². The van der Waals surface area contributed by atoms with Crippen LogP contribution in [0.4, 0.5) is 0 Å². The molecule has 0 saturated carbocycles. The summed E-state index contributed by atoms with van der Waals surface area (Å²) in [6.07, 6.45) is 0. The van der Waals surface area contributed by atoms with Gasteiger partial charge in [0.05, 0.1) is 25.7 Å². The molecule has 1 aromatic heterocycles. The molecule has 0 saturated heterocycles. The van der Waals surface area contributed by atoms with Gasteiger partial charge >= 0.3 is 0 Å². The molecule has 0 aliphatic rings. The fourth-order valence-electron chi connectivity index (χ4n) is 6.42. The molecule has 0 unspecified atom stereocenters. The molecule has 8 rings (SSSR count). The second kappa shape index (κ2) is 9.07. The van der Waals surface area contributed by atoms with Crippen molar-refractivity contribution >= 4 is 63.8 Å². The van der Waals surface area contributed by atoms with Gasteiger partial charge in [-0.25, -0.2) is 0 Å². The Bertz CT molecular complexity index is 2470. The first-order valence-electron chi connectivity index (χ1n) is 13.7. The summed E-state index contributed by atoms with van der Waals surface area (Å²) in [4.78, 5) is 0. The Morgan fingerprint density at radius 3 is 1.45 bits per heavy atom. The van der Waals surface area contributed by atoms with Gasteiger partial charge in [-0.2, -0.15) is 0 Å². The largest absolute Gasteiger partial charge is 0.506 e. The van der Waals surface area contributed by atoms with Crippen LogP contribution in [0.3, 0.4) is 0 Å². The van der Waals surface area contributed by atoms with E-state index in [1.54, 1.807) is 0 Å². The van der Waals surface area contributed by atoms with E-state index in [1.807, 2.05) is 60.7 Å². The molecular formula is C36H22O7S. The van der Waals surface area contributed by atoms with Gasteiger partial charge in [-0.15, -0.1) is 11.3 Å². The third-order valence-corrected chi connectivity index (χ3v) is 9.61. The van der Waals surface area contributed by atoms with E-state index >= 15 is 0 Å². The molecule has 8 aromatic rings. The Hall–Kier alpha value is -5.86. The molecule has 0 aliphatic heterocycles. The fraction of sp³-hybridized carbons (Fsp3) is 0. The van der Waals surface area contributed by atoms with Crippen molar-refractivity contribution < 1.29 is 35.7 Å². The van der Waals surface area contributed by atoms with Crippen LogP contribution in [0.2, 0.25) is 0 Å². The number of hydrogen-bond donors (Lipinski definition) is 7. The van der Waals surface area contributed by atoms with Crippen molar-refractivity contribution in [3.05, 3.63) is 91.0 Å². The summed E-state index contributed by atoms with van der Waals surface area (Å²) in [6.45, 7) is 0. The minimum atomic E-state index is -0.973. The summed E-state index contributed by atoms with van der Waals surface area (Å²) in [6, 6.07) is 29.6. The van der Waals surface area contributed by atoms with E-state index in [2.05, 4.69) is 30.3 Å². The summed E-state index contributed by atoms with van der Waals surface area (Å²) in [5.41, 5.74) is 2.30. The summed E-state index contributed by atoms with van der Waals surface area (Å²) >= 11 is 0.741. The lowest BCUT2D eigenvalue weighted by Crippen LogP contribution is -1.92. The third kappa shape index (κ3) is 3.31. The molecule has 0 radical (unpaired) electrons. The highest BCUT2D eigenvalue weighted by Gasteiger charge is 2.31. The Labute approximate surface area is 252 Å². The Kier molecular flexibility index (Phi) is 5.32. The third-order valence-electron chi connectivity index (χ3n) is 8.40. The molecule has 7 aromatic carbocycles. The normalized spacial score (nSPS) is 11.8. The second-order valence-electron chi connectivity index (χ2n) is 10.7. The van der Waals surface area contributed by atoms with Crippen molar-refractivity contribution in [2.24, 2.45) is 0 Å². The predicted molar refractivity (Wildman–Crippen MR) is 174 cm³/mol. The maximum absolute atomic E-state index is 11.9. The van der Waals surface area contributed by atoms with Gasteiger partial charge in [0.25, 0.3) is 0 Å². The minimum absolute atomic E-state index is 0.0456. The van der Waals surface area contributed by atoms with Crippen molar-refractivity contribution in [3.63, 3.8) is 0 Å². The van der Waals surface area contributed by atoms with Gasteiger partial charge in [-0.1, -0.05) is 84.9 Å². The summed E-state index contributed by atoms with van der Waals surface area (Å²) in [5, 5.41) is 81.4. The standard InChI is InChI=1S/C36H22O7S/c37-28-25(29(38)33(42)35-26(28)27-30(39)31(40)32(41)34(43)36(27)44-35)24-21-11-5-3-9-19(21)23(20-10-4-6-12-22(20)24)18-14-13-16-7-1-2-8-17(16)15-18/h1-15,37-43H. The van der Waals surface area contributed by atoms with E-state index < -0.39 is 40.2 Å². The smallest absolute Gasteiger partial charge is 0.205 e. The van der Waals surface area contributed by atoms with Crippen molar-refractivity contribution in [3.8, 4) is 62.5 Å². The molecule has 0 spiro atoms. The van der Waals surface area contributed by atoms with Gasteiger partial charge in [0.2, 0.25) is 11.5 Å². The van der Waals surface area contributed by atoms with Crippen molar-refractivity contribution in [1.29, 1.82) is 0 Å². The average molecular weight is 599 g/mol. The Morgan fingerprint density at radius 2 is 0.841 bits per heavy atom. The van der Waals surface area contributed by atoms with Gasteiger partial charge in [-0.3, -0.25) is 0 Å². The van der Waals surface area contributed by atoms with Crippen molar-refractivity contribution in [1.82, 2.24) is 0 Å². The minimum Gasteiger partial charge on any atom is -0.506 e. The van der Waals surface area contributed by atoms with Crippen LogP contribution in [0, 0.1) is 0 Å². The summed E-state index contributed by atoms with van der Waals surface area (Å²) in [7, 11) is 0. The average Bonchev–Trinajstić information content (AvgIpc) is 3.46. The van der Waals surface area contributed by atoms with Gasteiger partial charge in [0.15, 0.2) is 23.0 Å². The molecule has 1 heterocycles. The van der Waals surface area contributed by atoms with Gasteiger partial charge in [0, 0.05) is 5.56 Å². The zero-order valence-electron chi connectivity index (χ0n) is 22.7. The monoisotopic (exact) mass is 598 g/mol. The van der Waals surface area contributed by atoms with Gasteiger partial charge in [0.1, 0.15) is 5.75 Å². The first-order chi connectivity index (χ1) is 21.3. The number of thiophene rings is 1. The van der Waals surface area contributed by atoms with Crippen molar-refractivity contribution in [2.75, 3.05) is 0 Å². The predicted octanol–water partition coefficient (Wildman–Crippen LogP) is 8.79. The molecule has 7 nitrogen and oxygen atoms in total. The van der Waals surface area contributed by atoms with Crippen LogP contribution >= 0.6 is 11.3 Å².